The second-order valence-corrected chi connectivity index (χ2v) is 6.59. The van der Waals surface area contributed by atoms with Crippen molar-refractivity contribution >= 4 is 26.0 Å². The molecule has 0 aliphatic heterocycles. The van der Waals surface area contributed by atoms with Gasteiger partial charge in [0, 0.05) is 22.9 Å². The molecule has 100 valence electrons. The fraction of sp³-hybridized carbons (Fsp3) is 0.154. The SMILES string of the molecule is C[C@H](NS(=O)(=O)c1ccccc1Br)c1ccncc1. The standard InChI is InChI=1S/C13H13BrN2O2S/c1-10(11-6-8-15-9-7-11)16-19(17,18)13-5-3-2-4-12(13)14/h2-10,16H,1H3/t10-/m0/s1. The predicted octanol–water partition coefficient (Wildman–Crippen LogP) is 2.88. The Hall–Kier alpha value is -1.24. The first-order chi connectivity index (χ1) is 9.00. The van der Waals surface area contributed by atoms with Crippen LogP contribution < -0.4 is 4.72 Å². The Bertz CT molecular complexity index is 659. The first-order valence-electron chi connectivity index (χ1n) is 5.67. The molecule has 1 atom stereocenters. The number of hydrogen-bond donors (Lipinski definition) is 1. The van der Waals surface area contributed by atoms with E-state index in [1.807, 2.05) is 0 Å². The van der Waals surface area contributed by atoms with Crippen molar-refractivity contribution in [3.05, 3.63) is 58.8 Å². The maximum Gasteiger partial charge on any atom is 0.242 e. The lowest BCUT2D eigenvalue weighted by Gasteiger charge is -2.15. The van der Waals surface area contributed by atoms with Gasteiger partial charge in [-0.2, -0.15) is 0 Å². The summed E-state index contributed by atoms with van der Waals surface area (Å²) in [5.41, 5.74) is 0.866. The minimum absolute atomic E-state index is 0.232. The number of nitrogens with one attached hydrogen (secondary N) is 1. The molecule has 0 aliphatic carbocycles. The zero-order valence-electron chi connectivity index (χ0n) is 10.2. The van der Waals surface area contributed by atoms with Crippen molar-refractivity contribution in [2.45, 2.75) is 17.9 Å². The fourth-order valence-corrected chi connectivity index (χ4v) is 3.91. The summed E-state index contributed by atoms with van der Waals surface area (Å²) in [5.74, 6) is 0. The summed E-state index contributed by atoms with van der Waals surface area (Å²) < 4.78 is 27.7. The highest BCUT2D eigenvalue weighted by atomic mass is 79.9. The molecule has 4 nitrogen and oxygen atoms in total. The van der Waals surface area contributed by atoms with E-state index in [4.69, 9.17) is 0 Å². The van der Waals surface area contributed by atoms with E-state index < -0.39 is 10.0 Å². The van der Waals surface area contributed by atoms with Gasteiger partial charge in [0.1, 0.15) is 0 Å². The molecule has 0 fully saturated rings. The average Bonchev–Trinajstić information content (AvgIpc) is 2.39. The van der Waals surface area contributed by atoms with Crippen molar-refractivity contribution in [3.8, 4) is 0 Å². The summed E-state index contributed by atoms with van der Waals surface area (Å²) in [6, 6.07) is 9.98. The van der Waals surface area contributed by atoms with Gasteiger partial charge in [-0.25, -0.2) is 13.1 Å². The van der Waals surface area contributed by atoms with Crippen LogP contribution in [0.25, 0.3) is 0 Å². The molecular formula is C13H13BrN2O2S. The summed E-state index contributed by atoms with van der Waals surface area (Å²) in [7, 11) is -3.56. The molecule has 0 unspecified atom stereocenters. The highest BCUT2D eigenvalue weighted by molar-refractivity contribution is 9.10. The topological polar surface area (TPSA) is 59.1 Å². The van der Waals surface area contributed by atoms with Gasteiger partial charge in [0.15, 0.2) is 0 Å². The van der Waals surface area contributed by atoms with Crippen LogP contribution in [-0.2, 0) is 10.0 Å². The molecule has 1 aromatic carbocycles. The van der Waals surface area contributed by atoms with Crippen LogP contribution in [0.3, 0.4) is 0 Å². The number of pyridine rings is 1. The average molecular weight is 341 g/mol. The van der Waals surface area contributed by atoms with Crippen molar-refractivity contribution in [3.63, 3.8) is 0 Å². The van der Waals surface area contributed by atoms with Gasteiger partial charge < -0.3 is 0 Å². The van der Waals surface area contributed by atoms with Gasteiger partial charge in [-0.3, -0.25) is 4.98 Å². The van der Waals surface area contributed by atoms with Crippen molar-refractivity contribution in [1.82, 2.24) is 9.71 Å². The Labute approximate surface area is 121 Å². The van der Waals surface area contributed by atoms with Crippen LogP contribution in [0.4, 0.5) is 0 Å². The third-order valence-corrected chi connectivity index (χ3v) is 5.22. The number of sulfonamides is 1. The number of benzene rings is 1. The summed E-state index contributed by atoms with van der Waals surface area (Å²) >= 11 is 3.25. The molecule has 0 aliphatic rings. The third-order valence-electron chi connectivity index (χ3n) is 2.66. The van der Waals surface area contributed by atoms with E-state index >= 15 is 0 Å². The van der Waals surface area contributed by atoms with E-state index in [2.05, 4.69) is 25.6 Å². The molecule has 6 heteroatoms. The van der Waals surface area contributed by atoms with E-state index in [1.54, 1.807) is 55.7 Å². The maximum atomic E-state index is 12.3. The molecule has 19 heavy (non-hydrogen) atoms. The Morgan fingerprint density at radius 2 is 1.79 bits per heavy atom. The van der Waals surface area contributed by atoms with Crippen LogP contribution in [0.15, 0.2) is 58.2 Å². The van der Waals surface area contributed by atoms with E-state index in [1.165, 1.54) is 0 Å². The minimum Gasteiger partial charge on any atom is -0.265 e. The number of aromatic nitrogens is 1. The minimum atomic E-state index is -3.56. The Balaban J connectivity index is 2.26. The van der Waals surface area contributed by atoms with Crippen LogP contribution in [0.2, 0.25) is 0 Å². The molecule has 1 N–H and O–H groups in total. The number of hydrogen-bond acceptors (Lipinski definition) is 3. The number of nitrogens with zero attached hydrogens (tertiary/aromatic N) is 1. The van der Waals surface area contributed by atoms with E-state index in [0.717, 1.165) is 5.56 Å². The number of rotatable bonds is 4. The van der Waals surface area contributed by atoms with Crippen molar-refractivity contribution in [1.29, 1.82) is 0 Å². The molecule has 0 spiro atoms. The maximum absolute atomic E-state index is 12.3. The molecule has 1 heterocycles. The molecule has 0 radical (unpaired) electrons. The highest BCUT2D eigenvalue weighted by Gasteiger charge is 2.20. The molecule has 0 bridgehead atoms. The summed E-state index contributed by atoms with van der Waals surface area (Å²) in [6.45, 7) is 1.80. The normalized spacial score (nSPS) is 13.2. The van der Waals surface area contributed by atoms with E-state index in [9.17, 15) is 8.42 Å². The summed E-state index contributed by atoms with van der Waals surface area (Å²) in [6.07, 6.45) is 3.27. The summed E-state index contributed by atoms with van der Waals surface area (Å²) in [5, 5.41) is 0. The van der Waals surface area contributed by atoms with Gasteiger partial charge in [0.25, 0.3) is 0 Å². The van der Waals surface area contributed by atoms with Crippen LogP contribution in [0, 0.1) is 0 Å². The van der Waals surface area contributed by atoms with Crippen molar-refractivity contribution in [2.24, 2.45) is 0 Å². The lowest BCUT2D eigenvalue weighted by Crippen LogP contribution is -2.27. The van der Waals surface area contributed by atoms with E-state index in [0.29, 0.717) is 4.47 Å². The van der Waals surface area contributed by atoms with Gasteiger partial charge in [-0.1, -0.05) is 12.1 Å². The lowest BCUT2D eigenvalue weighted by molar-refractivity contribution is 0.566. The zero-order chi connectivity index (χ0) is 13.9. The Morgan fingerprint density at radius 3 is 2.42 bits per heavy atom. The monoisotopic (exact) mass is 340 g/mol. The quantitative estimate of drug-likeness (QED) is 0.930. The Morgan fingerprint density at radius 1 is 1.16 bits per heavy atom. The zero-order valence-corrected chi connectivity index (χ0v) is 12.6. The van der Waals surface area contributed by atoms with Crippen LogP contribution in [0.1, 0.15) is 18.5 Å². The highest BCUT2D eigenvalue weighted by Crippen LogP contribution is 2.23. The van der Waals surface area contributed by atoms with Gasteiger partial charge in [-0.05, 0) is 52.7 Å². The van der Waals surface area contributed by atoms with Gasteiger partial charge in [-0.15, -0.1) is 0 Å². The molecule has 2 rings (SSSR count). The molecule has 0 saturated heterocycles. The van der Waals surface area contributed by atoms with Crippen LogP contribution >= 0.6 is 15.9 Å². The smallest absolute Gasteiger partial charge is 0.242 e. The fourth-order valence-electron chi connectivity index (χ4n) is 1.68. The third kappa shape index (κ3) is 3.40. The van der Waals surface area contributed by atoms with Crippen LogP contribution in [0.5, 0.6) is 0 Å². The van der Waals surface area contributed by atoms with Crippen molar-refractivity contribution < 1.29 is 8.42 Å². The second-order valence-electron chi connectivity index (χ2n) is 4.05. The van der Waals surface area contributed by atoms with Crippen molar-refractivity contribution in [2.75, 3.05) is 0 Å². The largest absolute Gasteiger partial charge is 0.265 e. The first kappa shape index (κ1) is 14.2. The molecule has 0 amide bonds. The molecular weight excluding hydrogens is 328 g/mol. The van der Waals surface area contributed by atoms with Crippen LogP contribution in [-0.4, -0.2) is 13.4 Å². The van der Waals surface area contributed by atoms with Gasteiger partial charge in [0.2, 0.25) is 10.0 Å². The second kappa shape index (κ2) is 5.81. The molecule has 1 aromatic heterocycles. The van der Waals surface area contributed by atoms with Gasteiger partial charge >= 0.3 is 0 Å². The van der Waals surface area contributed by atoms with Gasteiger partial charge in [0.05, 0.1) is 4.90 Å². The lowest BCUT2D eigenvalue weighted by atomic mass is 10.1. The molecule has 2 aromatic rings. The summed E-state index contributed by atoms with van der Waals surface area (Å²) in [4.78, 5) is 4.14. The Kier molecular flexibility index (Phi) is 4.34. The molecule has 0 saturated carbocycles. The first-order valence-corrected chi connectivity index (χ1v) is 7.95. The van der Waals surface area contributed by atoms with E-state index in [-0.39, 0.29) is 10.9 Å². The predicted molar refractivity (Wildman–Crippen MR) is 77.1 cm³/mol. The number of halogens is 1.